The van der Waals surface area contributed by atoms with E-state index in [4.69, 9.17) is 9.15 Å². The lowest BCUT2D eigenvalue weighted by molar-refractivity contribution is 0.416. The molecule has 2 aromatic heterocycles. The molecule has 4 rings (SSSR count). The smallest absolute Gasteiger partial charge is 0.229 e. The maximum atomic E-state index is 5.44. The van der Waals surface area contributed by atoms with Crippen LogP contribution in [0.5, 0.6) is 5.75 Å². The van der Waals surface area contributed by atoms with Crippen LogP contribution in [0.4, 0.5) is 17.5 Å². The van der Waals surface area contributed by atoms with E-state index in [0.717, 1.165) is 39.5 Å². The SMILES string of the molecule is COc1ccc(C)cc1Nc1nc(NCc2ccco2)c2ccccc2n1. The number of nitrogens with one attached hydrogen (secondary N) is 2. The molecule has 0 fully saturated rings. The number of hydrogen-bond acceptors (Lipinski definition) is 6. The van der Waals surface area contributed by atoms with E-state index in [0.29, 0.717) is 12.5 Å². The van der Waals surface area contributed by atoms with Gasteiger partial charge in [-0.1, -0.05) is 18.2 Å². The van der Waals surface area contributed by atoms with Crippen LogP contribution in [0.25, 0.3) is 10.9 Å². The molecule has 0 aliphatic heterocycles. The zero-order valence-electron chi connectivity index (χ0n) is 15.2. The number of furan rings is 1. The van der Waals surface area contributed by atoms with E-state index in [2.05, 4.69) is 20.6 Å². The first-order valence-corrected chi connectivity index (χ1v) is 8.67. The van der Waals surface area contributed by atoms with Gasteiger partial charge >= 0.3 is 0 Å². The molecule has 0 unspecified atom stereocenters. The highest BCUT2D eigenvalue weighted by Gasteiger charge is 2.10. The highest BCUT2D eigenvalue weighted by molar-refractivity contribution is 5.90. The third-order valence-corrected chi connectivity index (χ3v) is 4.21. The van der Waals surface area contributed by atoms with Gasteiger partial charge in [0.05, 0.1) is 31.1 Å². The number of aromatic nitrogens is 2. The summed E-state index contributed by atoms with van der Waals surface area (Å²) in [6.07, 6.45) is 1.66. The monoisotopic (exact) mass is 360 g/mol. The Kier molecular flexibility index (Phi) is 4.61. The Bertz CT molecular complexity index is 1060. The molecule has 0 bridgehead atoms. The minimum atomic E-state index is 0.500. The summed E-state index contributed by atoms with van der Waals surface area (Å²) in [5, 5.41) is 7.57. The molecular weight excluding hydrogens is 340 g/mol. The van der Waals surface area contributed by atoms with Crippen molar-refractivity contribution in [2.45, 2.75) is 13.5 Å². The van der Waals surface area contributed by atoms with Gasteiger partial charge in [-0.25, -0.2) is 4.98 Å². The van der Waals surface area contributed by atoms with Crippen molar-refractivity contribution in [2.24, 2.45) is 0 Å². The van der Waals surface area contributed by atoms with Crippen LogP contribution >= 0.6 is 0 Å². The van der Waals surface area contributed by atoms with Gasteiger partial charge in [0.15, 0.2) is 0 Å². The second-order valence-electron chi connectivity index (χ2n) is 6.17. The first-order chi connectivity index (χ1) is 13.2. The average Bonchev–Trinajstić information content (AvgIpc) is 3.20. The Morgan fingerprint density at radius 2 is 1.93 bits per heavy atom. The molecule has 2 heterocycles. The molecule has 0 aliphatic rings. The largest absolute Gasteiger partial charge is 0.495 e. The third kappa shape index (κ3) is 3.69. The van der Waals surface area contributed by atoms with Gasteiger partial charge in [0.1, 0.15) is 17.3 Å². The second-order valence-corrected chi connectivity index (χ2v) is 6.17. The molecular formula is C21H20N4O2. The first-order valence-electron chi connectivity index (χ1n) is 8.67. The predicted octanol–water partition coefficient (Wildman–Crippen LogP) is 4.90. The molecule has 0 saturated heterocycles. The number of para-hydroxylation sites is 1. The number of methoxy groups -OCH3 is 1. The second kappa shape index (κ2) is 7.37. The molecule has 2 aromatic carbocycles. The number of anilines is 3. The summed E-state index contributed by atoms with van der Waals surface area (Å²) in [6.45, 7) is 2.57. The predicted molar refractivity (Wildman–Crippen MR) is 107 cm³/mol. The molecule has 136 valence electrons. The zero-order valence-corrected chi connectivity index (χ0v) is 15.2. The van der Waals surface area contributed by atoms with Crippen LogP contribution < -0.4 is 15.4 Å². The van der Waals surface area contributed by atoms with E-state index < -0.39 is 0 Å². The van der Waals surface area contributed by atoms with Crippen molar-refractivity contribution in [3.8, 4) is 5.75 Å². The fourth-order valence-electron chi connectivity index (χ4n) is 2.89. The quantitative estimate of drug-likeness (QED) is 0.510. The number of ether oxygens (including phenoxy) is 1. The van der Waals surface area contributed by atoms with Crippen molar-refractivity contribution < 1.29 is 9.15 Å². The van der Waals surface area contributed by atoms with E-state index in [1.54, 1.807) is 13.4 Å². The van der Waals surface area contributed by atoms with Crippen LogP contribution in [0.2, 0.25) is 0 Å². The van der Waals surface area contributed by atoms with E-state index in [1.165, 1.54) is 0 Å². The Hall–Kier alpha value is -3.54. The summed E-state index contributed by atoms with van der Waals surface area (Å²) >= 11 is 0. The Balaban J connectivity index is 1.70. The first kappa shape index (κ1) is 16.9. The average molecular weight is 360 g/mol. The normalized spacial score (nSPS) is 10.7. The molecule has 2 N–H and O–H groups in total. The van der Waals surface area contributed by atoms with Gasteiger partial charge in [-0.15, -0.1) is 0 Å². The molecule has 6 heteroatoms. The Morgan fingerprint density at radius 3 is 2.74 bits per heavy atom. The Morgan fingerprint density at radius 1 is 1.04 bits per heavy atom. The van der Waals surface area contributed by atoms with Crippen molar-refractivity contribution in [1.29, 1.82) is 0 Å². The maximum absolute atomic E-state index is 5.44. The number of hydrogen-bond donors (Lipinski definition) is 2. The van der Waals surface area contributed by atoms with Crippen molar-refractivity contribution in [3.05, 3.63) is 72.2 Å². The van der Waals surface area contributed by atoms with Crippen molar-refractivity contribution >= 4 is 28.4 Å². The van der Waals surface area contributed by atoms with Crippen molar-refractivity contribution in [2.75, 3.05) is 17.7 Å². The number of rotatable bonds is 6. The third-order valence-electron chi connectivity index (χ3n) is 4.21. The fraction of sp³-hybridized carbons (Fsp3) is 0.143. The van der Waals surface area contributed by atoms with E-state index in [9.17, 15) is 0 Å². The molecule has 0 saturated carbocycles. The van der Waals surface area contributed by atoms with Crippen LogP contribution in [0, 0.1) is 6.92 Å². The minimum absolute atomic E-state index is 0.500. The maximum Gasteiger partial charge on any atom is 0.229 e. The van der Waals surface area contributed by atoms with Crippen LogP contribution in [0.1, 0.15) is 11.3 Å². The molecule has 27 heavy (non-hydrogen) atoms. The van der Waals surface area contributed by atoms with E-state index in [-0.39, 0.29) is 0 Å². The van der Waals surface area contributed by atoms with E-state index in [1.807, 2.05) is 61.5 Å². The van der Waals surface area contributed by atoms with Crippen LogP contribution in [0.3, 0.4) is 0 Å². The number of fused-ring (bicyclic) bond motifs is 1. The molecule has 0 radical (unpaired) electrons. The van der Waals surface area contributed by atoms with Crippen molar-refractivity contribution in [3.63, 3.8) is 0 Å². The summed E-state index contributed by atoms with van der Waals surface area (Å²) in [5.74, 6) is 2.82. The minimum Gasteiger partial charge on any atom is -0.495 e. The van der Waals surface area contributed by atoms with Gasteiger partial charge in [0, 0.05) is 5.39 Å². The van der Waals surface area contributed by atoms with Crippen LogP contribution in [-0.2, 0) is 6.54 Å². The Labute approximate surface area is 157 Å². The van der Waals surface area contributed by atoms with Crippen LogP contribution in [0.15, 0.2) is 65.3 Å². The standard InChI is InChI=1S/C21H20N4O2/c1-14-9-10-19(26-2)18(12-14)24-21-23-17-8-4-3-7-16(17)20(25-21)22-13-15-6-5-11-27-15/h3-12H,13H2,1-2H3,(H2,22,23,24,25). The van der Waals surface area contributed by atoms with Gasteiger partial charge in [-0.2, -0.15) is 4.98 Å². The molecule has 0 spiro atoms. The lowest BCUT2D eigenvalue weighted by atomic mass is 10.2. The van der Waals surface area contributed by atoms with E-state index >= 15 is 0 Å². The number of aryl methyl sites for hydroxylation is 1. The lowest BCUT2D eigenvalue weighted by Gasteiger charge is -2.13. The summed E-state index contributed by atoms with van der Waals surface area (Å²) in [6, 6.07) is 17.6. The van der Waals surface area contributed by atoms with Gasteiger partial charge < -0.3 is 19.8 Å². The van der Waals surface area contributed by atoms with Gasteiger partial charge in [0.25, 0.3) is 0 Å². The summed E-state index contributed by atoms with van der Waals surface area (Å²) < 4.78 is 10.8. The van der Waals surface area contributed by atoms with Gasteiger partial charge in [-0.3, -0.25) is 0 Å². The van der Waals surface area contributed by atoms with Crippen molar-refractivity contribution in [1.82, 2.24) is 9.97 Å². The van der Waals surface area contributed by atoms with Gasteiger partial charge in [0.2, 0.25) is 5.95 Å². The highest BCUT2D eigenvalue weighted by Crippen LogP contribution is 2.29. The molecule has 0 atom stereocenters. The zero-order chi connectivity index (χ0) is 18.6. The number of benzene rings is 2. The number of nitrogens with zero attached hydrogens (tertiary/aromatic N) is 2. The fourth-order valence-corrected chi connectivity index (χ4v) is 2.89. The molecule has 4 aromatic rings. The summed E-state index contributed by atoms with van der Waals surface area (Å²) in [4.78, 5) is 9.31. The molecule has 0 aliphatic carbocycles. The lowest BCUT2D eigenvalue weighted by Crippen LogP contribution is -2.06. The highest BCUT2D eigenvalue weighted by atomic mass is 16.5. The topological polar surface area (TPSA) is 72.2 Å². The van der Waals surface area contributed by atoms with Gasteiger partial charge in [-0.05, 0) is 48.9 Å². The molecule has 0 amide bonds. The summed E-state index contributed by atoms with van der Waals surface area (Å²) in [7, 11) is 1.65. The summed E-state index contributed by atoms with van der Waals surface area (Å²) in [5.41, 5.74) is 2.79. The van der Waals surface area contributed by atoms with Crippen LogP contribution in [-0.4, -0.2) is 17.1 Å². The molecule has 6 nitrogen and oxygen atoms in total.